The van der Waals surface area contributed by atoms with Crippen LogP contribution in [-0.2, 0) is 16.1 Å². The average Bonchev–Trinajstić information content (AvgIpc) is 2.31. The Hall–Kier alpha value is -0.580. The molecule has 3 nitrogen and oxygen atoms in total. The minimum Gasteiger partial charge on any atom is -0.496 e. The molecule has 0 bridgehead atoms. The molecule has 17 heavy (non-hydrogen) atoms. The van der Waals surface area contributed by atoms with Crippen LogP contribution in [-0.4, -0.2) is 26.4 Å². The molecule has 0 aliphatic rings. The van der Waals surface area contributed by atoms with Crippen molar-refractivity contribution in [2.75, 3.05) is 20.3 Å². The van der Waals surface area contributed by atoms with E-state index in [2.05, 4.69) is 15.9 Å². The van der Waals surface area contributed by atoms with Crippen molar-refractivity contribution in [2.45, 2.75) is 26.6 Å². The fourth-order valence-corrected chi connectivity index (χ4v) is 1.88. The number of rotatable bonds is 7. The van der Waals surface area contributed by atoms with Crippen LogP contribution < -0.4 is 4.74 Å². The molecule has 0 aliphatic carbocycles. The lowest BCUT2D eigenvalue weighted by Crippen LogP contribution is -2.15. The second-order valence-corrected chi connectivity index (χ2v) is 4.60. The van der Waals surface area contributed by atoms with E-state index in [4.69, 9.17) is 14.2 Å². The molecular formula is C13H19BrO3. The van der Waals surface area contributed by atoms with Crippen molar-refractivity contribution in [1.29, 1.82) is 0 Å². The summed E-state index contributed by atoms with van der Waals surface area (Å²) in [5.74, 6) is 0.823. The van der Waals surface area contributed by atoms with E-state index in [1.165, 1.54) is 0 Å². The maximum Gasteiger partial charge on any atom is 0.133 e. The molecule has 0 unspecified atom stereocenters. The average molecular weight is 303 g/mol. The van der Waals surface area contributed by atoms with Gasteiger partial charge in [0.2, 0.25) is 0 Å². The Morgan fingerprint density at radius 1 is 1.35 bits per heavy atom. The van der Waals surface area contributed by atoms with E-state index in [0.29, 0.717) is 13.2 Å². The molecule has 0 aromatic heterocycles. The zero-order chi connectivity index (χ0) is 12.7. The number of methoxy groups -OCH3 is 1. The predicted octanol–water partition coefficient (Wildman–Crippen LogP) is 3.40. The Bertz CT molecular complexity index is 341. The number of halogens is 1. The third-order valence-corrected chi connectivity index (χ3v) is 2.94. The van der Waals surface area contributed by atoms with Crippen molar-refractivity contribution >= 4 is 15.9 Å². The molecular weight excluding hydrogens is 284 g/mol. The molecule has 4 heteroatoms. The van der Waals surface area contributed by atoms with Crippen LogP contribution in [0, 0.1) is 0 Å². The zero-order valence-electron chi connectivity index (χ0n) is 10.5. The minimum atomic E-state index is 0.136. The van der Waals surface area contributed by atoms with Crippen LogP contribution >= 0.6 is 15.9 Å². The summed E-state index contributed by atoms with van der Waals surface area (Å²) < 4.78 is 17.1. The van der Waals surface area contributed by atoms with Gasteiger partial charge in [0.1, 0.15) is 5.75 Å². The summed E-state index contributed by atoms with van der Waals surface area (Å²) >= 11 is 3.42. The van der Waals surface area contributed by atoms with Crippen molar-refractivity contribution in [3.8, 4) is 5.75 Å². The van der Waals surface area contributed by atoms with Gasteiger partial charge in [0, 0.05) is 6.61 Å². The maximum atomic E-state index is 5.58. The molecule has 0 heterocycles. The van der Waals surface area contributed by atoms with Crippen LogP contribution in [0.1, 0.15) is 19.4 Å². The summed E-state index contributed by atoms with van der Waals surface area (Å²) in [5, 5.41) is 0. The van der Waals surface area contributed by atoms with E-state index in [1.54, 1.807) is 7.11 Å². The topological polar surface area (TPSA) is 27.7 Å². The molecule has 1 aromatic rings. The molecule has 0 saturated carbocycles. The van der Waals surface area contributed by atoms with Gasteiger partial charge in [-0.3, -0.25) is 0 Å². The van der Waals surface area contributed by atoms with Gasteiger partial charge in [0.25, 0.3) is 0 Å². The fourth-order valence-electron chi connectivity index (χ4n) is 1.47. The van der Waals surface area contributed by atoms with Gasteiger partial charge in [0.15, 0.2) is 0 Å². The van der Waals surface area contributed by atoms with Crippen molar-refractivity contribution in [3.05, 3.63) is 28.2 Å². The summed E-state index contributed by atoms with van der Waals surface area (Å²) in [5.41, 5.74) is 1.09. The Morgan fingerprint density at radius 3 is 2.76 bits per heavy atom. The largest absolute Gasteiger partial charge is 0.496 e. The third kappa shape index (κ3) is 5.06. The van der Waals surface area contributed by atoms with Gasteiger partial charge in [-0.2, -0.15) is 0 Å². The molecule has 0 amide bonds. The van der Waals surface area contributed by atoms with Gasteiger partial charge >= 0.3 is 0 Å². The quantitative estimate of drug-likeness (QED) is 0.772. The highest BCUT2D eigenvalue weighted by molar-refractivity contribution is 9.10. The zero-order valence-corrected chi connectivity index (χ0v) is 12.1. The Morgan fingerprint density at radius 2 is 2.12 bits per heavy atom. The summed E-state index contributed by atoms with van der Waals surface area (Å²) in [6.07, 6.45) is 0.136. The minimum absolute atomic E-state index is 0.136. The molecule has 0 saturated heterocycles. The van der Waals surface area contributed by atoms with Crippen LogP contribution in [0.4, 0.5) is 0 Å². The van der Waals surface area contributed by atoms with E-state index in [0.717, 1.165) is 22.4 Å². The van der Waals surface area contributed by atoms with E-state index in [-0.39, 0.29) is 6.10 Å². The molecule has 0 spiro atoms. The van der Waals surface area contributed by atoms with Crippen molar-refractivity contribution in [3.63, 3.8) is 0 Å². The molecule has 0 fully saturated rings. The summed E-state index contributed by atoms with van der Waals surface area (Å²) in [6.45, 7) is 5.88. The normalized spacial score (nSPS) is 12.5. The van der Waals surface area contributed by atoms with Crippen LogP contribution in [0.3, 0.4) is 0 Å². The highest BCUT2D eigenvalue weighted by atomic mass is 79.9. The summed E-state index contributed by atoms with van der Waals surface area (Å²) in [6, 6.07) is 5.94. The summed E-state index contributed by atoms with van der Waals surface area (Å²) in [7, 11) is 1.65. The van der Waals surface area contributed by atoms with Crippen molar-refractivity contribution in [1.82, 2.24) is 0 Å². The van der Waals surface area contributed by atoms with Crippen LogP contribution in [0.15, 0.2) is 22.7 Å². The number of benzene rings is 1. The lowest BCUT2D eigenvalue weighted by molar-refractivity contribution is -0.00715. The van der Waals surface area contributed by atoms with E-state index in [9.17, 15) is 0 Å². The van der Waals surface area contributed by atoms with Gasteiger partial charge in [0.05, 0.1) is 30.9 Å². The lowest BCUT2D eigenvalue weighted by atomic mass is 10.2. The van der Waals surface area contributed by atoms with E-state index >= 15 is 0 Å². The summed E-state index contributed by atoms with van der Waals surface area (Å²) in [4.78, 5) is 0. The lowest BCUT2D eigenvalue weighted by Gasteiger charge is -2.12. The van der Waals surface area contributed by atoms with Crippen LogP contribution in [0.5, 0.6) is 5.75 Å². The van der Waals surface area contributed by atoms with E-state index < -0.39 is 0 Å². The fraction of sp³-hybridized carbons (Fsp3) is 0.538. The maximum absolute atomic E-state index is 5.58. The second kappa shape index (κ2) is 7.69. The number of hydrogen-bond donors (Lipinski definition) is 0. The smallest absolute Gasteiger partial charge is 0.133 e. The van der Waals surface area contributed by atoms with Crippen LogP contribution in [0.25, 0.3) is 0 Å². The Kier molecular flexibility index (Phi) is 6.55. The molecule has 1 aromatic carbocycles. The first kappa shape index (κ1) is 14.5. The number of ether oxygens (including phenoxy) is 3. The first-order chi connectivity index (χ1) is 8.17. The molecule has 96 valence electrons. The molecule has 0 N–H and O–H groups in total. The van der Waals surface area contributed by atoms with Gasteiger partial charge in [-0.25, -0.2) is 0 Å². The Labute approximate surface area is 111 Å². The first-order valence-electron chi connectivity index (χ1n) is 5.69. The highest BCUT2D eigenvalue weighted by Gasteiger charge is 2.04. The first-order valence-corrected chi connectivity index (χ1v) is 6.48. The van der Waals surface area contributed by atoms with Crippen molar-refractivity contribution < 1.29 is 14.2 Å². The van der Waals surface area contributed by atoms with E-state index in [1.807, 2.05) is 32.0 Å². The standard InChI is InChI=1S/C13H19BrO3/c1-4-17-10(2)8-16-9-11-5-6-12(14)13(7-11)15-3/h5-7,10H,4,8-9H2,1-3H3/t10-/m1/s1. The molecule has 1 rings (SSSR count). The van der Waals surface area contributed by atoms with Gasteiger partial charge in [-0.15, -0.1) is 0 Å². The van der Waals surface area contributed by atoms with Crippen LogP contribution in [0.2, 0.25) is 0 Å². The Balaban J connectivity index is 2.41. The number of hydrogen-bond acceptors (Lipinski definition) is 3. The van der Waals surface area contributed by atoms with Gasteiger partial charge in [-0.1, -0.05) is 6.07 Å². The van der Waals surface area contributed by atoms with Crippen molar-refractivity contribution in [2.24, 2.45) is 0 Å². The molecule has 0 radical (unpaired) electrons. The molecule has 1 atom stereocenters. The molecule has 0 aliphatic heterocycles. The highest BCUT2D eigenvalue weighted by Crippen LogP contribution is 2.25. The second-order valence-electron chi connectivity index (χ2n) is 3.75. The monoisotopic (exact) mass is 302 g/mol. The predicted molar refractivity (Wildman–Crippen MR) is 71.4 cm³/mol. The SMILES string of the molecule is CCO[C@H](C)COCc1ccc(Br)c(OC)c1. The third-order valence-electron chi connectivity index (χ3n) is 2.29. The van der Waals surface area contributed by atoms with Gasteiger partial charge < -0.3 is 14.2 Å². The van der Waals surface area contributed by atoms with Gasteiger partial charge in [-0.05, 0) is 47.5 Å².